The molecule has 1 aromatic carbocycles. The van der Waals surface area contributed by atoms with Crippen LogP contribution in [0.1, 0.15) is 26.7 Å². The lowest BCUT2D eigenvalue weighted by Crippen LogP contribution is -2.43. The predicted octanol–water partition coefficient (Wildman–Crippen LogP) is 4.01. The highest BCUT2D eigenvalue weighted by Gasteiger charge is 2.35. The van der Waals surface area contributed by atoms with Gasteiger partial charge in [0.05, 0.1) is 16.1 Å². The van der Waals surface area contributed by atoms with Crippen LogP contribution in [-0.2, 0) is 4.79 Å². The van der Waals surface area contributed by atoms with Crippen LogP contribution < -0.4 is 10.6 Å². The molecule has 0 fully saturated rings. The number of carboxylic acids is 1. The number of anilines is 1. The van der Waals surface area contributed by atoms with Gasteiger partial charge in [-0.15, -0.1) is 0 Å². The van der Waals surface area contributed by atoms with Crippen LogP contribution in [0.3, 0.4) is 0 Å². The lowest BCUT2D eigenvalue weighted by Gasteiger charge is -2.26. The highest BCUT2D eigenvalue weighted by atomic mass is 35.5. The van der Waals surface area contributed by atoms with Crippen LogP contribution in [-0.4, -0.2) is 23.7 Å². The molecule has 0 radical (unpaired) electrons. The van der Waals surface area contributed by atoms with Crippen molar-refractivity contribution < 1.29 is 14.7 Å². The zero-order valence-corrected chi connectivity index (χ0v) is 13.4. The molecule has 1 rings (SSSR count). The van der Waals surface area contributed by atoms with Crippen molar-refractivity contribution in [3.63, 3.8) is 0 Å². The molecule has 0 heterocycles. The van der Waals surface area contributed by atoms with E-state index >= 15 is 0 Å². The molecular weight excluding hydrogens is 315 g/mol. The van der Waals surface area contributed by atoms with Crippen LogP contribution in [0.15, 0.2) is 18.2 Å². The first kappa shape index (κ1) is 17.6. The summed E-state index contributed by atoms with van der Waals surface area (Å²) in [6, 6.07) is 4.18. The van der Waals surface area contributed by atoms with Gasteiger partial charge in [-0.05, 0) is 31.0 Å². The molecule has 5 nitrogen and oxygen atoms in total. The number of hydrogen-bond donors (Lipinski definition) is 3. The lowest BCUT2D eigenvalue weighted by molar-refractivity contribution is -0.149. The zero-order valence-electron chi connectivity index (χ0n) is 11.9. The van der Waals surface area contributed by atoms with Crippen LogP contribution in [0.25, 0.3) is 0 Å². The minimum Gasteiger partial charge on any atom is -0.481 e. The molecular formula is C14H18Cl2N2O3. The number of hydrogen-bond acceptors (Lipinski definition) is 2. The van der Waals surface area contributed by atoms with Gasteiger partial charge < -0.3 is 15.7 Å². The maximum absolute atomic E-state index is 11.8. The fourth-order valence-corrected chi connectivity index (χ4v) is 2.34. The van der Waals surface area contributed by atoms with Crippen molar-refractivity contribution in [2.24, 2.45) is 5.41 Å². The van der Waals surface area contributed by atoms with Gasteiger partial charge in [0.25, 0.3) is 0 Å². The van der Waals surface area contributed by atoms with E-state index in [0.717, 1.165) is 0 Å². The van der Waals surface area contributed by atoms with E-state index in [1.165, 1.54) is 6.07 Å². The number of rotatable bonds is 6. The molecule has 0 atom stereocenters. The summed E-state index contributed by atoms with van der Waals surface area (Å²) in [6.07, 6.45) is 0.863. The number of carboxylic acid groups (broad SMARTS) is 1. The largest absolute Gasteiger partial charge is 0.481 e. The number of aliphatic carboxylic acids is 1. The molecule has 21 heavy (non-hydrogen) atoms. The van der Waals surface area contributed by atoms with Crippen molar-refractivity contribution in [3.05, 3.63) is 28.2 Å². The Morgan fingerprint density at radius 1 is 1.24 bits per heavy atom. The molecule has 7 heteroatoms. The van der Waals surface area contributed by atoms with E-state index in [9.17, 15) is 14.7 Å². The van der Waals surface area contributed by atoms with E-state index in [4.69, 9.17) is 23.2 Å². The number of urea groups is 1. The Labute approximate surface area is 133 Å². The average molecular weight is 333 g/mol. The van der Waals surface area contributed by atoms with Crippen molar-refractivity contribution in [2.75, 3.05) is 11.9 Å². The fraction of sp³-hybridized carbons (Fsp3) is 0.429. The maximum atomic E-state index is 11.8. The molecule has 1 aromatic rings. The zero-order chi connectivity index (χ0) is 16.0. The Morgan fingerprint density at radius 2 is 1.86 bits per heavy atom. The Bertz CT molecular complexity index is 531. The minimum atomic E-state index is -0.957. The van der Waals surface area contributed by atoms with Crippen molar-refractivity contribution >= 4 is 40.9 Å². The monoisotopic (exact) mass is 332 g/mol. The molecule has 0 aliphatic carbocycles. The quantitative estimate of drug-likeness (QED) is 0.736. The molecule has 0 aliphatic heterocycles. The van der Waals surface area contributed by atoms with Crippen molar-refractivity contribution in [1.82, 2.24) is 5.32 Å². The molecule has 3 N–H and O–H groups in total. The Hall–Kier alpha value is -1.46. The smallest absolute Gasteiger partial charge is 0.319 e. The second-order valence-electron chi connectivity index (χ2n) is 4.72. The molecule has 0 bridgehead atoms. The molecule has 0 aromatic heterocycles. The molecule has 116 valence electrons. The summed E-state index contributed by atoms with van der Waals surface area (Å²) >= 11 is 11.7. The number of halogens is 2. The molecule has 2 amide bonds. The summed E-state index contributed by atoms with van der Waals surface area (Å²) in [5.74, 6) is -0.919. The Kier molecular flexibility index (Phi) is 6.30. The normalized spacial score (nSPS) is 11.0. The topological polar surface area (TPSA) is 78.4 Å². The van der Waals surface area contributed by atoms with Crippen LogP contribution in [0, 0.1) is 5.41 Å². The van der Waals surface area contributed by atoms with Gasteiger partial charge in [0, 0.05) is 11.6 Å². The van der Waals surface area contributed by atoms with Gasteiger partial charge in [0.15, 0.2) is 0 Å². The summed E-state index contributed by atoms with van der Waals surface area (Å²) in [6.45, 7) is 3.62. The second-order valence-corrected chi connectivity index (χ2v) is 5.57. The lowest BCUT2D eigenvalue weighted by atomic mass is 9.82. The van der Waals surface area contributed by atoms with Gasteiger partial charge in [0.2, 0.25) is 0 Å². The summed E-state index contributed by atoms with van der Waals surface area (Å²) in [7, 11) is 0. The standard InChI is InChI=1S/C14H18Cl2N2O3/c1-3-14(4-2,12(19)20)8-17-13(21)18-11-6-5-9(15)7-10(11)16/h5-7H,3-4,8H2,1-2H3,(H,19,20)(H2,17,18,21). The SMILES string of the molecule is CCC(CC)(CNC(=O)Nc1ccc(Cl)cc1Cl)C(=O)O. The van der Waals surface area contributed by atoms with Gasteiger partial charge in [-0.25, -0.2) is 4.79 Å². The molecule has 0 unspecified atom stereocenters. The first-order chi connectivity index (χ1) is 9.84. The van der Waals surface area contributed by atoms with Crippen LogP contribution in [0.2, 0.25) is 10.0 Å². The average Bonchev–Trinajstić information content (AvgIpc) is 2.43. The first-order valence-electron chi connectivity index (χ1n) is 6.58. The maximum Gasteiger partial charge on any atom is 0.319 e. The van der Waals surface area contributed by atoms with Crippen LogP contribution in [0.4, 0.5) is 10.5 Å². The number of benzene rings is 1. The van der Waals surface area contributed by atoms with Crippen LogP contribution >= 0.6 is 23.2 Å². The van der Waals surface area contributed by atoms with E-state index in [1.807, 2.05) is 0 Å². The first-order valence-corrected chi connectivity index (χ1v) is 7.33. The molecule has 0 saturated carbocycles. The Morgan fingerprint density at radius 3 is 2.33 bits per heavy atom. The number of carbonyl (C=O) groups excluding carboxylic acids is 1. The van der Waals surface area contributed by atoms with Crippen LogP contribution in [0.5, 0.6) is 0 Å². The summed E-state index contributed by atoms with van der Waals surface area (Å²) in [5.41, 5.74) is -0.547. The summed E-state index contributed by atoms with van der Waals surface area (Å²) < 4.78 is 0. The highest BCUT2D eigenvalue weighted by Crippen LogP contribution is 2.27. The third-order valence-corrected chi connectivity index (χ3v) is 4.12. The number of nitrogens with one attached hydrogen (secondary N) is 2. The number of amides is 2. The van der Waals surface area contributed by atoms with E-state index in [-0.39, 0.29) is 6.54 Å². The fourth-order valence-electron chi connectivity index (χ4n) is 1.88. The van der Waals surface area contributed by atoms with Gasteiger partial charge >= 0.3 is 12.0 Å². The van der Waals surface area contributed by atoms with E-state index in [2.05, 4.69) is 10.6 Å². The van der Waals surface area contributed by atoms with Gasteiger partial charge in [-0.3, -0.25) is 4.79 Å². The van der Waals surface area contributed by atoms with Crippen molar-refractivity contribution in [2.45, 2.75) is 26.7 Å². The second kappa shape index (κ2) is 7.52. The van der Waals surface area contributed by atoms with Crippen molar-refractivity contribution in [3.8, 4) is 0 Å². The molecule has 0 aliphatic rings. The molecule has 0 saturated heterocycles. The minimum absolute atomic E-state index is 0.0480. The van der Waals surface area contributed by atoms with E-state index in [0.29, 0.717) is 28.6 Å². The van der Waals surface area contributed by atoms with Gasteiger partial charge in [0.1, 0.15) is 0 Å². The molecule has 0 spiro atoms. The highest BCUT2D eigenvalue weighted by molar-refractivity contribution is 6.36. The number of carbonyl (C=O) groups is 2. The third kappa shape index (κ3) is 4.51. The summed E-state index contributed by atoms with van der Waals surface area (Å²) in [4.78, 5) is 23.2. The van der Waals surface area contributed by atoms with Gasteiger partial charge in [-0.2, -0.15) is 0 Å². The van der Waals surface area contributed by atoms with Crippen molar-refractivity contribution in [1.29, 1.82) is 0 Å². The van der Waals surface area contributed by atoms with E-state index < -0.39 is 17.4 Å². The summed E-state index contributed by atoms with van der Waals surface area (Å²) in [5, 5.41) is 15.2. The Balaban J connectivity index is 2.67. The predicted molar refractivity (Wildman–Crippen MR) is 84.1 cm³/mol. The van der Waals surface area contributed by atoms with E-state index in [1.54, 1.807) is 26.0 Å². The van der Waals surface area contributed by atoms with Gasteiger partial charge in [-0.1, -0.05) is 37.0 Å². The third-order valence-electron chi connectivity index (χ3n) is 3.57.